The molecule has 0 aromatic rings. The Hall–Kier alpha value is -1.51. The summed E-state index contributed by atoms with van der Waals surface area (Å²) in [4.78, 5) is 35.0. The van der Waals surface area contributed by atoms with Crippen LogP contribution < -0.4 is 5.73 Å². The molecule has 0 amide bonds. The van der Waals surface area contributed by atoms with Crippen molar-refractivity contribution in [2.45, 2.75) is 238 Å². The van der Waals surface area contributed by atoms with Crippen molar-refractivity contribution in [1.82, 2.24) is 0 Å². The first-order chi connectivity index (χ1) is 27.8. The molecule has 0 fully saturated rings. The second kappa shape index (κ2) is 44.1. The van der Waals surface area contributed by atoms with Gasteiger partial charge >= 0.3 is 19.8 Å². The standard InChI is InChI=1S/C47H90NO8P/c1-3-5-7-9-11-13-15-17-19-21-22-24-25-27-29-31-33-35-37-39-46(49)53-43-45(44-55-57(51,52)54-42-41-48)56-47(50)40-38-36-34-32-30-28-26-23-20-18-16-14-12-10-8-6-4-2/h12,14,18,20,45H,3-11,13,15-17,19,21-44,48H2,1-2H3,(H,51,52)/b14-12-,20-18-. The highest BCUT2D eigenvalue weighted by Crippen LogP contribution is 2.43. The molecule has 0 heterocycles. The summed E-state index contributed by atoms with van der Waals surface area (Å²) in [6, 6.07) is 0. The van der Waals surface area contributed by atoms with Crippen LogP contribution in [-0.2, 0) is 32.7 Å². The van der Waals surface area contributed by atoms with Gasteiger partial charge in [-0.05, 0) is 44.9 Å². The number of carbonyl (C=O) groups is 2. The summed E-state index contributed by atoms with van der Waals surface area (Å²) < 4.78 is 32.9. The van der Waals surface area contributed by atoms with Gasteiger partial charge in [-0.1, -0.05) is 199 Å². The van der Waals surface area contributed by atoms with Gasteiger partial charge in [0.1, 0.15) is 6.61 Å². The SMILES string of the molecule is CCCCC/C=C\C/C=C\CCCCCCCCCC(=O)OC(COC(=O)CCCCCCCCCCCCCCCCCCCCC)COP(=O)(O)OCCN. The average Bonchev–Trinajstić information content (AvgIpc) is 3.20. The van der Waals surface area contributed by atoms with E-state index in [0.29, 0.717) is 6.42 Å². The van der Waals surface area contributed by atoms with Crippen LogP contribution in [0.2, 0.25) is 0 Å². The van der Waals surface area contributed by atoms with Crippen LogP contribution in [0.1, 0.15) is 232 Å². The van der Waals surface area contributed by atoms with E-state index < -0.39 is 26.5 Å². The number of unbranched alkanes of at least 4 members (excludes halogenated alkanes) is 28. The molecule has 336 valence electrons. The summed E-state index contributed by atoms with van der Waals surface area (Å²) in [5.41, 5.74) is 5.36. The van der Waals surface area contributed by atoms with E-state index in [2.05, 4.69) is 38.2 Å². The first kappa shape index (κ1) is 55.5. The lowest BCUT2D eigenvalue weighted by Crippen LogP contribution is -2.29. The maximum absolute atomic E-state index is 12.6. The van der Waals surface area contributed by atoms with Crippen LogP contribution in [-0.4, -0.2) is 49.3 Å². The largest absolute Gasteiger partial charge is 0.472 e. The van der Waals surface area contributed by atoms with Gasteiger partial charge < -0.3 is 20.1 Å². The molecule has 9 nitrogen and oxygen atoms in total. The zero-order valence-electron chi connectivity index (χ0n) is 37.1. The number of hydrogen-bond acceptors (Lipinski definition) is 8. The Bertz CT molecular complexity index is 990. The maximum atomic E-state index is 12.6. The van der Waals surface area contributed by atoms with Gasteiger partial charge in [-0.3, -0.25) is 18.6 Å². The molecule has 0 aliphatic rings. The van der Waals surface area contributed by atoms with E-state index >= 15 is 0 Å². The van der Waals surface area contributed by atoms with Crippen LogP contribution in [0.4, 0.5) is 0 Å². The predicted molar refractivity (Wildman–Crippen MR) is 238 cm³/mol. The summed E-state index contributed by atoms with van der Waals surface area (Å²) in [6.07, 6.45) is 47.8. The van der Waals surface area contributed by atoms with Crippen molar-refractivity contribution in [1.29, 1.82) is 0 Å². The molecule has 0 aliphatic carbocycles. The van der Waals surface area contributed by atoms with Gasteiger partial charge in [0.25, 0.3) is 0 Å². The Morgan fingerprint density at radius 3 is 1.37 bits per heavy atom. The monoisotopic (exact) mass is 828 g/mol. The van der Waals surface area contributed by atoms with Crippen molar-refractivity contribution >= 4 is 19.8 Å². The number of phosphoric ester groups is 1. The van der Waals surface area contributed by atoms with Gasteiger partial charge in [0, 0.05) is 19.4 Å². The molecule has 0 rings (SSSR count). The van der Waals surface area contributed by atoms with E-state index in [1.807, 2.05) is 0 Å². The summed E-state index contributed by atoms with van der Waals surface area (Å²) in [5, 5.41) is 0. The van der Waals surface area contributed by atoms with Gasteiger partial charge in [-0.15, -0.1) is 0 Å². The van der Waals surface area contributed by atoms with Crippen molar-refractivity contribution in [2.24, 2.45) is 5.73 Å². The third-order valence-electron chi connectivity index (χ3n) is 10.3. The van der Waals surface area contributed by atoms with Crippen molar-refractivity contribution in [3.05, 3.63) is 24.3 Å². The lowest BCUT2D eigenvalue weighted by molar-refractivity contribution is -0.161. The Kier molecular flexibility index (Phi) is 42.9. The van der Waals surface area contributed by atoms with Crippen LogP contribution >= 0.6 is 7.82 Å². The zero-order chi connectivity index (χ0) is 41.8. The highest BCUT2D eigenvalue weighted by atomic mass is 31.2. The lowest BCUT2D eigenvalue weighted by atomic mass is 10.0. The third-order valence-corrected chi connectivity index (χ3v) is 11.3. The number of allylic oxidation sites excluding steroid dienone is 4. The number of carbonyl (C=O) groups excluding carboxylic acids is 2. The first-order valence-corrected chi connectivity index (χ1v) is 25.3. The molecule has 0 saturated heterocycles. The topological polar surface area (TPSA) is 134 Å². The molecule has 2 unspecified atom stereocenters. The predicted octanol–water partition coefficient (Wildman–Crippen LogP) is 13.9. The Morgan fingerprint density at radius 2 is 0.912 bits per heavy atom. The van der Waals surface area contributed by atoms with Gasteiger partial charge in [-0.25, -0.2) is 4.57 Å². The van der Waals surface area contributed by atoms with Gasteiger partial charge in [0.15, 0.2) is 6.10 Å². The summed E-state index contributed by atoms with van der Waals surface area (Å²) in [5.74, 6) is -0.826. The molecule has 0 radical (unpaired) electrons. The minimum atomic E-state index is -4.38. The molecule has 0 aromatic heterocycles. The molecule has 0 saturated carbocycles. The normalized spacial score (nSPS) is 13.4. The van der Waals surface area contributed by atoms with E-state index in [9.17, 15) is 19.0 Å². The highest BCUT2D eigenvalue weighted by Gasteiger charge is 2.26. The van der Waals surface area contributed by atoms with E-state index in [4.69, 9.17) is 24.3 Å². The fourth-order valence-corrected chi connectivity index (χ4v) is 7.55. The Morgan fingerprint density at radius 1 is 0.526 bits per heavy atom. The quantitative estimate of drug-likeness (QED) is 0.0266. The maximum Gasteiger partial charge on any atom is 0.472 e. The van der Waals surface area contributed by atoms with Crippen LogP contribution in [0.3, 0.4) is 0 Å². The molecular weight excluding hydrogens is 737 g/mol. The van der Waals surface area contributed by atoms with Crippen LogP contribution in [0.15, 0.2) is 24.3 Å². The average molecular weight is 828 g/mol. The second-order valence-electron chi connectivity index (χ2n) is 16.0. The van der Waals surface area contributed by atoms with E-state index in [0.717, 1.165) is 51.4 Å². The molecule has 3 N–H and O–H groups in total. The van der Waals surface area contributed by atoms with Gasteiger partial charge in [-0.2, -0.15) is 0 Å². The van der Waals surface area contributed by atoms with Crippen LogP contribution in [0, 0.1) is 0 Å². The number of esters is 2. The van der Waals surface area contributed by atoms with Crippen molar-refractivity contribution < 1.29 is 37.6 Å². The van der Waals surface area contributed by atoms with E-state index in [1.165, 1.54) is 148 Å². The molecule has 10 heteroatoms. The third kappa shape index (κ3) is 43.9. The highest BCUT2D eigenvalue weighted by molar-refractivity contribution is 7.47. The Labute approximate surface area is 351 Å². The Balaban J connectivity index is 4.07. The van der Waals surface area contributed by atoms with E-state index in [-0.39, 0.29) is 38.6 Å². The zero-order valence-corrected chi connectivity index (χ0v) is 38.0. The molecule has 57 heavy (non-hydrogen) atoms. The van der Waals surface area contributed by atoms with Crippen LogP contribution in [0.5, 0.6) is 0 Å². The lowest BCUT2D eigenvalue weighted by Gasteiger charge is -2.19. The van der Waals surface area contributed by atoms with Crippen molar-refractivity contribution in [3.63, 3.8) is 0 Å². The summed E-state index contributed by atoms with van der Waals surface area (Å²) >= 11 is 0. The van der Waals surface area contributed by atoms with Crippen LogP contribution in [0.25, 0.3) is 0 Å². The number of rotatable bonds is 45. The number of phosphoric acid groups is 1. The fourth-order valence-electron chi connectivity index (χ4n) is 6.78. The van der Waals surface area contributed by atoms with Crippen molar-refractivity contribution in [3.8, 4) is 0 Å². The number of nitrogens with two attached hydrogens (primary N) is 1. The molecule has 0 aliphatic heterocycles. The number of hydrogen-bond donors (Lipinski definition) is 2. The molecular formula is C47H90NO8P. The van der Waals surface area contributed by atoms with Gasteiger partial charge in [0.05, 0.1) is 13.2 Å². The van der Waals surface area contributed by atoms with Gasteiger partial charge in [0.2, 0.25) is 0 Å². The minimum Gasteiger partial charge on any atom is -0.462 e. The molecule has 2 atom stereocenters. The number of ether oxygens (including phenoxy) is 2. The molecule has 0 spiro atoms. The minimum absolute atomic E-state index is 0.0537. The van der Waals surface area contributed by atoms with Crippen molar-refractivity contribution in [2.75, 3.05) is 26.4 Å². The fraction of sp³-hybridized carbons (Fsp3) is 0.872. The summed E-state index contributed by atoms with van der Waals surface area (Å²) in [6.45, 7) is 3.74. The smallest absolute Gasteiger partial charge is 0.462 e. The first-order valence-electron chi connectivity index (χ1n) is 23.8. The summed E-state index contributed by atoms with van der Waals surface area (Å²) in [7, 11) is -4.38. The second-order valence-corrected chi connectivity index (χ2v) is 17.4. The molecule has 0 bridgehead atoms. The molecule has 0 aromatic carbocycles. The van der Waals surface area contributed by atoms with E-state index in [1.54, 1.807) is 0 Å².